The summed E-state index contributed by atoms with van der Waals surface area (Å²) in [5, 5.41) is 33.9. The van der Waals surface area contributed by atoms with Crippen LogP contribution >= 0.6 is 0 Å². The maximum atomic E-state index is 12.5. The van der Waals surface area contributed by atoms with Crippen LogP contribution in [0.1, 0.15) is 64.2 Å². The van der Waals surface area contributed by atoms with E-state index in [1.807, 2.05) is 0 Å². The standard InChI is InChI=1S/C26H45N5O8/c32-22(27-20-7-3-1-4-8-20)15-30(18-25(36)37)13-11-29(17-24(34)35)12-14-31(19-26(38)39)16-23(33)28-21-9-5-2-6-10-21/h20-21H,1-19H2,(H,27,32)(H,28,33)(H,34,35)(H,36,37)(H,38,39). The zero-order chi connectivity index (χ0) is 28.6. The van der Waals surface area contributed by atoms with Crippen molar-refractivity contribution in [1.29, 1.82) is 0 Å². The topological polar surface area (TPSA) is 180 Å². The molecule has 2 aliphatic carbocycles. The Morgan fingerprint density at radius 1 is 0.487 bits per heavy atom. The zero-order valence-electron chi connectivity index (χ0n) is 22.8. The Kier molecular flexibility index (Phi) is 14.8. The van der Waals surface area contributed by atoms with Crippen LogP contribution in [0.3, 0.4) is 0 Å². The van der Waals surface area contributed by atoms with Gasteiger partial charge in [-0.15, -0.1) is 0 Å². The Balaban J connectivity index is 1.91. The van der Waals surface area contributed by atoms with E-state index in [1.165, 1.54) is 9.80 Å². The SMILES string of the molecule is O=C(O)CN(CCN(CC(=O)O)CC(=O)NC1CCCCC1)CCN(CC(=O)O)CC(=O)NC1CCCCC1. The second-order valence-corrected chi connectivity index (χ2v) is 10.7. The molecular formula is C26H45N5O8. The molecule has 0 radical (unpaired) electrons. The van der Waals surface area contributed by atoms with Crippen LogP contribution in [-0.2, 0) is 24.0 Å². The molecule has 0 saturated heterocycles. The first-order chi connectivity index (χ1) is 18.6. The summed E-state index contributed by atoms with van der Waals surface area (Å²) in [5.41, 5.74) is 0. The van der Waals surface area contributed by atoms with Crippen LogP contribution in [-0.4, -0.2) is 131 Å². The molecule has 2 aliphatic rings. The molecule has 13 heteroatoms. The van der Waals surface area contributed by atoms with Crippen molar-refractivity contribution in [3.8, 4) is 0 Å². The fourth-order valence-electron chi connectivity index (χ4n) is 5.28. The molecule has 2 fully saturated rings. The van der Waals surface area contributed by atoms with Gasteiger partial charge in [-0.2, -0.15) is 0 Å². The number of hydrogen-bond acceptors (Lipinski definition) is 8. The van der Waals surface area contributed by atoms with Gasteiger partial charge >= 0.3 is 17.9 Å². The normalized spacial score (nSPS) is 16.9. The van der Waals surface area contributed by atoms with Gasteiger partial charge in [0.1, 0.15) is 0 Å². The number of carboxylic acids is 3. The monoisotopic (exact) mass is 555 g/mol. The average Bonchev–Trinajstić information content (AvgIpc) is 2.85. The van der Waals surface area contributed by atoms with E-state index in [0.717, 1.165) is 64.2 Å². The number of nitrogens with one attached hydrogen (secondary N) is 2. The first-order valence-electron chi connectivity index (χ1n) is 14.0. The van der Waals surface area contributed by atoms with Gasteiger partial charge in [-0.1, -0.05) is 38.5 Å². The summed E-state index contributed by atoms with van der Waals surface area (Å²) in [6, 6.07) is 0.189. The van der Waals surface area contributed by atoms with Crippen molar-refractivity contribution in [3.05, 3.63) is 0 Å². The Morgan fingerprint density at radius 3 is 1.13 bits per heavy atom. The van der Waals surface area contributed by atoms with Crippen molar-refractivity contribution in [1.82, 2.24) is 25.3 Å². The highest BCUT2D eigenvalue weighted by Crippen LogP contribution is 2.18. The maximum absolute atomic E-state index is 12.5. The molecule has 13 nitrogen and oxygen atoms in total. The number of carbonyl (C=O) groups is 5. The van der Waals surface area contributed by atoms with Crippen molar-refractivity contribution in [2.24, 2.45) is 0 Å². The van der Waals surface area contributed by atoms with E-state index in [2.05, 4.69) is 10.6 Å². The zero-order valence-corrected chi connectivity index (χ0v) is 22.8. The Hall–Kier alpha value is -2.77. The number of carbonyl (C=O) groups excluding carboxylic acids is 2. The highest BCUT2D eigenvalue weighted by molar-refractivity contribution is 5.80. The van der Waals surface area contributed by atoms with Crippen LogP contribution in [0.4, 0.5) is 0 Å². The molecule has 0 aliphatic heterocycles. The second-order valence-electron chi connectivity index (χ2n) is 10.7. The van der Waals surface area contributed by atoms with Crippen LogP contribution in [0, 0.1) is 0 Å². The van der Waals surface area contributed by atoms with Gasteiger partial charge in [-0.05, 0) is 25.7 Å². The Bertz CT molecular complexity index is 756. The van der Waals surface area contributed by atoms with E-state index < -0.39 is 17.9 Å². The van der Waals surface area contributed by atoms with Crippen molar-refractivity contribution >= 4 is 29.7 Å². The third kappa shape index (κ3) is 14.8. The minimum atomic E-state index is -1.10. The lowest BCUT2D eigenvalue weighted by Crippen LogP contribution is -2.48. The van der Waals surface area contributed by atoms with E-state index in [-0.39, 0.29) is 82.8 Å². The van der Waals surface area contributed by atoms with Crippen molar-refractivity contribution in [3.63, 3.8) is 0 Å². The van der Waals surface area contributed by atoms with E-state index in [1.54, 1.807) is 4.90 Å². The van der Waals surface area contributed by atoms with E-state index in [0.29, 0.717) is 0 Å². The molecule has 0 heterocycles. The van der Waals surface area contributed by atoms with E-state index >= 15 is 0 Å². The van der Waals surface area contributed by atoms with Gasteiger partial charge in [-0.25, -0.2) is 0 Å². The first kappa shape index (κ1) is 32.4. The molecule has 39 heavy (non-hydrogen) atoms. The van der Waals surface area contributed by atoms with E-state index in [4.69, 9.17) is 0 Å². The third-order valence-corrected chi connectivity index (χ3v) is 7.22. The van der Waals surface area contributed by atoms with Gasteiger partial charge in [0.05, 0.1) is 32.7 Å². The predicted octanol–water partition coefficient (Wildman–Crippen LogP) is 0.0440. The summed E-state index contributed by atoms with van der Waals surface area (Å²) in [4.78, 5) is 63.8. The van der Waals surface area contributed by atoms with Crippen LogP contribution in [0.15, 0.2) is 0 Å². The lowest BCUT2D eigenvalue weighted by molar-refractivity contribution is -0.141. The van der Waals surface area contributed by atoms with Crippen molar-refractivity contribution in [2.75, 3.05) is 58.9 Å². The molecule has 2 rings (SSSR count). The highest BCUT2D eigenvalue weighted by Gasteiger charge is 2.22. The molecule has 0 aromatic heterocycles. The highest BCUT2D eigenvalue weighted by atomic mass is 16.4. The lowest BCUT2D eigenvalue weighted by Gasteiger charge is -2.29. The molecule has 0 bridgehead atoms. The quantitative estimate of drug-likeness (QED) is 0.154. The van der Waals surface area contributed by atoms with Gasteiger partial charge in [0.25, 0.3) is 0 Å². The van der Waals surface area contributed by atoms with Crippen molar-refractivity contribution in [2.45, 2.75) is 76.3 Å². The Morgan fingerprint density at radius 2 is 0.795 bits per heavy atom. The van der Waals surface area contributed by atoms with Crippen molar-refractivity contribution < 1.29 is 39.3 Å². The number of amides is 2. The molecule has 222 valence electrons. The van der Waals surface area contributed by atoms with Crippen LogP contribution in [0.25, 0.3) is 0 Å². The average molecular weight is 556 g/mol. The fourth-order valence-corrected chi connectivity index (χ4v) is 5.28. The molecule has 5 N–H and O–H groups in total. The summed E-state index contributed by atoms with van der Waals surface area (Å²) in [6.07, 6.45) is 10.1. The molecule has 0 spiro atoms. The van der Waals surface area contributed by atoms with Crippen LogP contribution in [0.5, 0.6) is 0 Å². The van der Waals surface area contributed by atoms with Gasteiger partial charge < -0.3 is 26.0 Å². The predicted molar refractivity (Wildman–Crippen MR) is 142 cm³/mol. The van der Waals surface area contributed by atoms with Gasteiger partial charge in [0.15, 0.2) is 0 Å². The fraction of sp³-hybridized carbons (Fsp3) is 0.808. The third-order valence-electron chi connectivity index (χ3n) is 7.22. The number of nitrogens with zero attached hydrogens (tertiary/aromatic N) is 3. The molecule has 2 saturated carbocycles. The first-order valence-corrected chi connectivity index (χ1v) is 14.0. The summed E-state index contributed by atoms with van der Waals surface area (Å²) < 4.78 is 0. The largest absolute Gasteiger partial charge is 0.480 e. The number of carboxylic acid groups (broad SMARTS) is 3. The van der Waals surface area contributed by atoms with E-state index in [9.17, 15) is 39.3 Å². The van der Waals surface area contributed by atoms with Gasteiger partial charge in [0, 0.05) is 38.3 Å². The van der Waals surface area contributed by atoms with Gasteiger partial charge in [0.2, 0.25) is 11.8 Å². The summed E-state index contributed by atoms with van der Waals surface area (Å²) in [7, 11) is 0. The maximum Gasteiger partial charge on any atom is 0.317 e. The molecule has 0 unspecified atom stereocenters. The van der Waals surface area contributed by atoms with Crippen LogP contribution < -0.4 is 10.6 Å². The second kappa shape index (κ2) is 17.7. The molecule has 0 aromatic rings. The lowest BCUT2D eigenvalue weighted by atomic mass is 9.95. The molecule has 0 atom stereocenters. The smallest absolute Gasteiger partial charge is 0.317 e. The minimum Gasteiger partial charge on any atom is -0.480 e. The number of aliphatic carboxylic acids is 3. The summed E-state index contributed by atoms with van der Waals surface area (Å²) >= 11 is 0. The van der Waals surface area contributed by atoms with Crippen LogP contribution in [0.2, 0.25) is 0 Å². The minimum absolute atomic E-state index is 0.0944. The number of hydrogen-bond donors (Lipinski definition) is 5. The summed E-state index contributed by atoms with van der Waals surface area (Å²) in [5.74, 6) is -3.80. The molecule has 2 amide bonds. The molecular weight excluding hydrogens is 510 g/mol. The molecule has 0 aromatic carbocycles. The number of rotatable bonds is 18. The van der Waals surface area contributed by atoms with Gasteiger partial charge in [-0.3, -0.25) is 38.7 Å². The summed E-state index contributed by atoms with van der Waals surface area (Å²) in [6.45, 7) is -0.720. The Labute approximate surface area is 229 Å².